The maximum absolute atomic E-state index is 11.8. The predicted molar refractivity (Wildman–Crippen MR) is 87.7 cm³/mol. The molecule has 0 aliphatic rings. The molecule has 0 aromatic heterocycles. The van der Waals surface area contributed by atoms with E-state index < -0.39 is 0 Å². The van der Waals surface area contributed by atoms with Gasteiger partial charge in [0.1, 0.15) is 0 Å². The molecule has 0 aromatic rings. The Hall–Kier alpha value is -0.570. The van der Waals surface area contributed by atoms with E-state index in [2.05, 4.69) is 33.0 Å². The van der Waals surface area contributed by atoms with Gasteiger partial charge in [-0.05, 0) is 31.7 Å². The van der Waals surface area contributed by atoms with Crippen molar-refractivity contribution in [3.63, 3.8) is 0 Å². The van der Waals surface area contributed by atoms with Crippen LogP contribution in [0.15, 0.2) is 0 Å². The van der Waals surface area contributed by atoms with Crippen molar-refractivity contribution in [1.82, 2.24) is 5.32 Å². The first-order valence-corrected chi connectivity index (χ1v) is 8.37. The van der Waals surface area contributed by atoms with Crippen LogP contribution in [0.1, 0.15) is 85.5 Å². The summed E-state index contributed by atoms with van der Waals surface area (Å²) in [6.45, 7) is 9.37. The molecule has 0 rings (SSSR count). The minimum Gasteiger partial charge on any atom is -0.353 e. The first kappa shape index (κ1) is 19.4. The van der Waals surface area contributed by atoms with E-state index in [1.54, 1.807) is 0 Å². The number of rotatable bonds is 11. The number of hydrogen-bond acceptors (Lipinski definition) is 2. The van der Waals surface area contributed by atoms with Gasteiger partial charge in [0.05, 0.1) is 0 Å². The second-order valence-corrected chi connectivity index (χ2v) is 7.02. The number of carbonyl (C=O) groups excluding carboxylic acids is 1. The fraction of sp³-hybridized carbons (Fsp3) is 0.941. The van der Waals surface area contributed by atoms with Crippen LogP contribution in [0.25, 0.3) is 0 Å². The van der Waals surface area contributed by atoms with Gasteiger partial charge in [-0.1, -0.05) is 59.3 Å². The second-order valence-electron chi connectivity index (χ2n) is 7.02. The molecule has 0 saturated heterocycles. The third-order valence-corrected chi connectivity index (χ3v) is 4.03. The average molecular weight is 284 g/mol. The molecule has 120 valence electrons. The summed E-state index contributed by atoms with van der Waals surface area (Å²) in [6, 6.07) is 0.234. The second kappa shape index (κ2) is 11.1. The van der Waals surface area contributed by atoms with E-state index in [0.29, 0.717) is 6.42 Å². The van der Waals surface area contributed by atoms with Crippen molar-refractivity contribution in [3.8, 4) is 0 Å². The van der Waals surface area contributed by atoms with E-state index in [9.17, 15) is 4.79 Å². The third-order valence-electron chi connectivity index (χ3n) is 4.03. The summed E-state index contributed by atoms with van der Waals surface area (Å²) in [7, 11) is 0. The molecule has 3 N–H and O–H groups in total. The molecule has 3 heteroatoms. The van der Waals surface area contributed by atoms with E-state index in [1.165, 1.54) is 38.5 Å². The molecular weight excluding hydrogens is 248 g/mol. The Bertz CT molecular complexity index is 246. The van der Waals surface area contributed by atoms with Crippen LogP contribution < -0.4 is 11.1 Å². The van der Waals surface area contributed by atoms with Crippen molar-refractivity contribution in [2.24, 2.45) is 11.1 Å². The molecule has 0 bridgehead atoms. The van der Waals surface area contributed by atoms with E-state index in [4.69, 9.17) is 5.73 Å². The molecule has 1 atom stereocenters. The lowest BCUT2D eigenvalue weighted by Crippen LogP contribution is -2.41. The Kier molecular flexibility index (Phi) is 10.8. The Morgan fingerprint density at radius 1 is 0.950 bits per heavy atom. The van der Waals surface area contributed by atoms with Crippen molar-refractivity contribution in [2.75, 3.05) is 6.54 Å². The first-order chi connectivity index (χ1) is 9.38. The number of unbranched alkanes of at least 4 members (excludes halogenated alkanes) is 7. The van der Waals surface area contributed by atoms with E-state index in [-0.39, 0.29) is 17.4 Å². The molecule has 1 amide bonds. The fourth-order valence-corrected chi connectivity index (χ4v) is 2.02. The zero-order valence-electron chi connectivity index (χ0n) is 14.1. The van der Waals surface area contributed by atoms with Crippen LogP contribution in [0.3, 0.4) is 0 Å². The monoisotopic (exact) mass is 284 g/mol. The molecule has 1 unspecified atom stereocenters. The SMILES string of the molecule is CC(NC(=O)CCCCCCCCCCN)C(C)(C)C. The Labute approximate surface area is 126 Å². The highest BCUT2D eigenvalue weighted by molar-refractivity contribution is 5.76. The van der Waals surface area contributed by atoms with Gasteiger partial charge >= 0.3 is 0 Å². The maximum atomic E-state index is 11.8. The van der Waals surface area contributed by atoms with Crippen molar-refractivity contribution in [2.45, 2.75) is 91.5 Å². The zero-order chi connectivity index (χ0) is 15.4. The molecule has 20 heavy (non-hydrogen) atoms. The Morgan fingerprint density at radius 2 is 1.40 bits per heavy atom. The average Bonchev–Trinajstić information content (AvgIpc) is 2.35. The van der Waals surface area contributed by atoms with Crippen molar-refractivity contribution < 1.29 is 4.79 Å². The molecule has 0 aliphatic carbocycles. The molecule has 0 aromatic carbocycles. The van der Waals surface area contributed by atoms with Gasteiger partial charge in [0.15, 0.2) is 0 Å². The normalized spacial score (nSPS) is 13.2. The van der Waals surface area contributed by atoms with E-state index >= 15 is 0 Å². The quantitative estimate of drug-likeness (QED) is 0.563. The number of nitrogens with one attached hydrogen (secondary N) is 1. The van der Waals surface area contributed by atoms with Crippen molar-refractivity contribution in [3.05, 3.63) is 0 Å². The molecule has 0 spiro atoms. The van der Waals surface area contributed by atoms with Gasteiger partial charge < -0.3 is 11.1 Å². The standard InChI is InChI=1S/C17H36N2O/c1-15(17(2,3)4)19-16(20)13-11-9-7-5-6-8-10-12-14-18/h15H,5-14,18H2,1-4H3,(H,19,20). The molecular formula is C17H36N2O. The van der Waals surface area contributed by atoms with Gasteiger partial charge in [0, 0.05) is 12.5 Å². The van der Waals surface area contributed by atoms with Gasteiger partial charge in [-0.15, -0.1) is 0 Å². The minimum atomic E-state index is 0.138. The first-order valence-electron chi connectivity index (χ1n) is 8.37. The molecule has 0 radical (unpaired) electrons. The van der Waals surface area contributed by atoms with E-state index in [0.717, 1.165) is 19.4 Å². The highest BCUT2D eigenvalue weighted by atomic mass is 16.1. The van der Waals surface area contributed by atoms with Gasteiger partial charge in [-0.2, -0.15) is 0 Å². The minimum absolute atomic E-state index is 0.138. The molecule has 0 saturated carbocycles. The van der Waals surface area contributed by atoms with Crippen LogP contribution in [0.4, 0.5) is 0 Å². The zero-order valence-corrected chi connectivity index (χ0v) is 14.1. The van der Waals surface area contributed by atoms with E-state index in [1.807, 2.05) is 0 Å². The van der Waals surface area contributed by atoms with Crippen LogP contribution in [-0.2, 0) is 4.79 Å². The van der Waals surface area contributed by atoms with Crippen LogP contribution in [0.5, 0.6) is 0 Å². The van der Waals surface area contributed by atoms with Crippen molar-refractivity contribution in [1.29, 1.82) is 0 Å². The van der Waals surface area contributed by atoms with Crippen LogP contribution in [0.2, 0.25) is 0 Å². The Balaban J connectivity index is 3.40. The molecule has 0 fully saturated rings. The lowest BCUT2D eigenvalue weighted by molar-refractivity contribution is -0.122. The number of carbonyl (C=O) groups is 1. The van der Waals surface area contributed by atoms with Gasteiger partial charge in [0.25, 0.3) is 0 Å². The summed E-state index contributed by atoms with van der Waals surface area (Å²) in [5.41, 5.74) is 5.60. The fourth-order valence-electron chi connectivity index (χ4n) is 2.02. The lowest BCUT2D eigenvalue weighted by Gasteiger charge is -2.28. The van der Waals surface area contributed by atoms with Gasteiger partial charge in [-0.25, -0.2) is 0 Å². The third kappa shape index (κ3) is 11.3. The molecule has 0 heterocycles. The highest BCUT2D eigenvalue weighted by Crippen LogP contribution is 2.18. The summed E-state index contributed by atoms with van der Waals surface area (Å²) in [5.74, 6) is 0.204. The highest BCUT2D eigenvalue weighted by Gasteiger charge is 2.21. The van der Waals surface area contributed by atoms with Gasteiger partial charge in [0.2, 0.25) is 5.91 Å². The number of amides is 1. The maximum Gasteiger partial charge on any atom is 0.220 e. The lowest BCUT2D eigenvalue weighted by atomic mass is 9.88. The Morgan fingerprint density at radius 3 is 1.85 bits per heavy atom. The molecule has 0 aliphatic heterocycles. The van der Waals surface area contributed by atoms with Crippen LogP contribution in [0, 0.1) is 5.41 Å². The summed E-state index contributed by atoms with van der Waals surface area (Å²) >= 11 is 0. The van der Waals surface area contributed by atoms with Crippen LogP contribution in [-0.4, -0.2) is 18.5 Å². The summed E-state index contributed by atoms with van der Waals surface area (Å²) in [5, 5.41) is 3.09. The smallest absolute Gasteiger partial charge is 0.220 e. The summed E-state index contributed by atoms with van der Waals surface area (Å²) in [6.07, 6.45) is 10.5. The summed E-state index contributed by atoms with van der Waals surface area (Å²) < 4.78 is 0. The predicted octanol–water partition coefficient (Wildman–Crippen LogP) is 4.01. The van der Waals surface area contributed by atoms with Crippen molar-refractivity contribution >= 4 is 5.91 Å². The number of hydrogen-bond donors (Lipinski definition) is 2. The largest absolute Gasteiger partial charge is 0.353 e. The summed E-state index contributed by atoms with van der Waals surface area (Å²) in [4.78, 5) is 11.8. The topological polar surface area (TPSA) is 55.1 Å². The molecule has 3 nitrogen and oxygen atoms in total. The van der Waals surface area contributed by atoms with Gasteiger partial charge in [-0.3, -0.25) is 4.79 Å². The van der Waals surface area contributed by atoms with Crippen LogP contribution >= 0.6 is 0 Å². The number of nitrogens with two attached hydrogens (primary N) is 1.